The van der Waals surface area contributed by atoms with Crippen LogP contribution in [0.15, 0.2) is 22.7 Å². The summed E-state index contributed by atoms with van der Waals surface area (Å²) in [7, 11) is 0. The van der Waals surface area contributed by atoms with Crippen LogP contribution >= 0.6 is 15.9 Å². The highest BCUT2D eigenvalue weighted by atomic mass is 79.9. The molecule has 0 saturated carbocycles. The number of alkyl halides is 3. The van der Waals surface area contributed by atoms with E-state index >= 15 is 0 Å². The van der Waals surface area contributed by atoms with E-state index in [0.717, 1.165) is 0 Å². The summed E-state index contributed by atoms with van der Waals surface area (Å²) in [6.07, 6.45) is -4.25. The van der Waals surface area contributed by atoms with Crippen LogP contribution in [0, 0.1) is 5.82 Å². The van der Waals surface area contributed by atoms with E-state index in [2.05, 4.69) is 15.9 Å². The first-order valence-electron chi connectivity index (χ1n) is 6.30. The molecule has 1 aromatic carbocycles. The molecule has 0 atom stereocenters. The number of carbonyl (C=O) groups excluding carboxylic acids is 1. The first-order valence-corrected chi connectivity index (χ1v) is 7.09. The molecule has 0 radical (unpaired) electrons. The third-order valence-corrected chi connectivity index (χ3v) is 3.90. The van der Waals surface area contributed by atoms with E-state index in [1.807, 2.05) is 0 Å². The highest BCUT2D eigenvalue weighted by molar-refractivity contribution is 9.10. The Balaban J connectivity index is 2.01. The van der Waals surface area contributed by atoms with Crippen molar-refractivity contribution in [3.05, 3.63) is 34.1 Å². The van der Waals surface area contributed by atoms with Crippen LogP contribution < -0.4 is 0 Å². The Labute approximate surface area is 127 Å². The van der Waals surface area contributed by atoms with Crippen LogP contribution in [0.5, 0.6) is 0 Å². The van der Waals surface area contributed by atoms with Gasteiger partial charge in [-0.3, -0.25) is 9.69 Å². The van der Waals surface area contributed by atoms with E-state index in [1.54, 1.807) is 6.07 Å². The first kappa shape index (κ1) is 16.2. The van der Waals surface area contributed by atoms with Crippen molar-refractivity contribution in [1.82, 2.24) is 9.80 Å². The molecule has 116 valence electrons. The quantitative estimate of drug-likeness (QED) is 0.749. The van der Waals surface area contributed by atoms with E-state index in [4.69, 9.17) is 0 Å². The molecule has 8 heteroatoms. The molecule has 0 N–H and O–H groups in total. The number of piperazine rings is 1. The van der Waals surface area contributed by atoms with Gasteiger partial charge in [-0.1, -0.05) is 6.07 Å². The minimum atomic E-state index is -4.25. The zero-order chi connectivity index (χ0) is 15.6. The summed E-state index contributed by atoms with van der Waals surface area (Å²) in [4.78, 5) is 14.9. The highest BCUT2D eigenvalue weighted by Gasteiger charge is 2.33. The SMILES string of the molecule is O=C(c1c(F)cccc1Br)N1CCN(CC(F)(F)F)CC1. The molecule has 1 aromatic rings. The number of benzene rings is 1. The molecule has 1 amide bonds. The minimum absolute atomic E-state index is 0.0817. The van der Waals surface area contributed by atoms with Gasteiger partial charge < -0.3 is 4.90 Å². The standard InChI is InChI=1S/C13H13BrF4N2O/c14-9-2-1-3-10(15)11(9)12(21)20-6-4-19(5-7-20)8-13(16,17)18/h1-3H,4-8H2. The summed E-state index contributed by atoms with van der Waals surface area (Å²) in [6, 6.07) is 4.20. The molecular formula is C13H13BrF4N2O. The Morgan fingerprint density at radius 1 is 1.19 bits per heavy atom. The summed E-state index contributed by atoms with van der Waals surface area (Å²) >= 11 is 3.12. The highest BCUT2D eigenvalue weighted by Crippen LogP contribution is 2.23. The maximum atomic E-state index is 13.7. The van der Waals surface area contributed by atoms with Gasteiger partial charge in [0.2, 0.25) is 0 Å². The second kappa shape index (κ2) is 6.31. The fraction of sp³-hybridized carbons (Fsp3) is 0.462. The number of carbonyl (C=O) groups is 1. The average Bonchev–Trinajstić information content (AvgIpc) is 2.37. The first-order chi connectivity index (χ1) is 9.78. The van der Waals surface area contributed by atoms with Crippen molar-refractivity contribution in [2.75, 3.05) is 32.7 Å². The molecule has 0 bridgehead atoms. The maximum absolute atomic E-state index is 13.7. The molecule has 0 aliphatic carbocycles. The summed E-state index contributed by atoms with van der Waals surface area (Å²) in [5, 5.41) is 0. The van der Waals surface area contributed by atoms with Crippen molar-refractivity contribution in [2.45, 2.75) is 6.18 Å². The zero-order valence-electron chi connectivity index (χ0n) is 11.0. The van der Waals surface area contributed by atoms with E-state index in [-0.39, 0.29) is 31.7 Å². The van der Waals surface area contributed by atoms with E-state index in [0.29, 0.717) is 4.47 Å². The van der Waals surface area contributed by atoms with E-state index in [9.17, 15) is 22.4 Å². The maximum Gasteiger partial charge on any atom is 0.401 e. The molecule has 0 spiro atoms. The Morgan fingerprint density at radius 3 is 2.33 bits per heavy atom. The van der Waals surface area contributed by atoms with Crippen molar-refractivity contribution in [2.24, 2.45) is 0 Å². The van der Waals surface area contributed by atoms with Gasteiger partial charge in [-0.25, -0.2) is 4.39 Å². The third-order valence-electron chi connectivity index (χ3n) is 3.24. The Morgan fingerprint density at radius 2 is 1.81 bits per heavy atom. The molecule has 1 fully saturated rings. The summed E-state index contributed by atoms with van der Waals surface area (Å²) in [5.41, 5.74) is -0.0817. The predicted molar refractivity (Wildman–Crippen MR) is 72.5 cm³/mol. The van der Waals surface area contributed by atoms with Crippen LogP contribution in [-0.4, -0.2) is 54.6 Å². The van der Waals surface area contributed by atoms with Crippen LogP contribution in [-0.2, 0) is 0 Å². The van der Waals surface area contributed by atoms with E-state index < -0.39 is 24.4 Å². The lowest BCUT2D eigenvalue weighted by Gasteiger charge is -2.35. The van der Waals surface area contributed by atoms with Gasteiger partial charge in [0, 0.05) is 30.7 Å². The molecule has 0 aromatic heterocycles. The fourth-order valence-corrected chi connectivity index (χ4v) is 2.73. The monoisotopic (exact) mass is 368 g/mol. The van der Waals surface area contributed by atoms with Crippen molar-refractivity contribution < 1.29 is 22.4 Å². The Kier molecular flexibility index (Phi) is 4.88. The number of halogens is 5. The average molecular weight is 369 g/mol. The minimum Gasteiger partial charge on any atom is -0.336 e. The van der Waals surface area contributed by atoms with Crippen LogP contribution in [0.1, 0.15) is 10.4 Å². The van der Waals surface area contributed by atoms with Crippen LogP contribution in [0.25, 0.3) is 0 Å². The molecule has 1 heterocycles. The summed E-state index contributed by atoms with van der Waals surface area (Å²) < 4.78 is 50.9. The van der Waals surface area contributed by atoms with Crippen molar-refractivity contribution in [3.63, 3.8) is 0 Å². The number of amides is 1. The lowest BCUT2D eigenvalue weighted by Crippen LogP contribution is -2.51. The van der Waals surface area contributed by atoms with E-state index in [1.165, 1.54) is 21.9 Å². The van der Waals surface area contributed by atoms with Gasteiger partial charge in [0.25, 0.3) is 5.91 Å². The molecule has 3 nitrogen and oxygen atoms in total. The molecule has 2 rings (SSSR count). The van der Waals surface area contributed by atoms with Gasteiger partial charge in [-0.05, 0) is 28.1 Å². The second-order valence-corrected chi connectivity index (χ2v) is 5.63. The molecule has 1 aliphatic rings. The Bertz CT molecular complexity index is 507. The van der Waals surface area contributed by atoms with Gasteiger partial charge in [0.1, 0.15) is 5.82 Å². The largest absolute Gasteiger partial charge is 0.401 e. The van der Waals surface area contributed by atoms with Gasteiger partial charge in [0.15, 0.2) is 0 Å². The van der Waals surface area contributed by atoms with Crippen LogP contribution in [0.3, 0.4) is 0 Å². The molecule has 0 unspecified atom stereocenters. The normalized spacial score (nSPS) is 17.1. The van der Waals surface area contributed by atoms with Crippen LogP contribution in [0.2, 0.25) is 0 Å². The summed E-state index contributed by atoms with van der Waals surface area (Å²) in [6.45, 7) is -0.446. The molecular weight excluding hydrogens is 356 g/mol. The van der Waals surface area contributed by atoms with Crippen LogP contribution in [0.4, 0.5) is 17.6 Å². The predicted octanol–water partition coefficient (Wildman–Crippen LogP) is 2.91. The topological polar surface area (TPSA) is 23.6 Å². The van der Waals surface area contributed by atoms with Crippen molar-refractivity contribution in [1.29, 1.82) is 0 Å². The number of nitrogens with zero attached hydrogens (tertiary/aromatic N) is 2. The number of hydrogen-bond acceptors (Lipinski definition) is 2. The third kappa shape index (κ3) is 4.16. The molecule has 1 saturated heterocycles. The van der Waals surface area contributed by atoms with Crippen molar-refractivity contribution in [3.8, 4) is 0 Å². The molecule has 21 heavy (non-hydrogen) atoms. The Hall–Kier alpha value is -1.15. The van der Waals surface area contributed by atoms with Gasteiger partial charge >= 0.3 is 6.18 Å². The van der Waals surface area contributed by atoms with Gasteiger partial charge in [-0.2, -0.15) is 13.2 Å². The second-order valence-electron chi connectivity index (χ2n) is 4.78. The molecule has 1 aliphatic heterocycles. The van der Waals surface area contributed by atoms with Gasteiger partial charge in [0.05, 0.1) is 12.1 Å². The lowest BCUT2D eigenvalue weighted by molar-refractivity contribution is -0.148. The zero-order valence-corrected chi connectivity index (χ0v) is 12.5. The van der Waals surface area contributed by atoms with Gasteiger partial charge in [-0.15, -0.1) is 0 Å². The fourth-order valence-electron chi connectivity index (χ4n) is 2.22. The number of rotatable bonds is 2. The number of hydrogen-bond donors (Lipinski definition) is 0. The summed E-state index contributed by atoms with van der Waals surface area (Å²) in [5.74, 6) is -1.15. The lowest BCUT2D eigenvalue weighted by atomic mass is 10.1. The smallest absolute Gasteiger partial charge is 0.336 e. The van der Waals surface area contributed by atoms with Crippen molar-refractivity contribution >= 4 is 21.8 Å².